The first-order chi connectivity index (χ1) is 11.1. The molecule has 0 aromatic heterocycles. The molecule has 3 rings (SSSR count). The van der Waals surface area contributed by atoms with Crippen LogP contribution < -0.4 is 4.90 Å². The van der Waals surface area contributed by atoms with Crippen molar-refractivity contribution >= 4 is 23.4 Å². The third kappa shape index (κ3) is 2.79. The number of imide groups is 1. The molecule has 1 aliphatic heterocycles. The maximum absolute atomic E-state index is 12.6. The van der Waals surface area contributed by atoms with Gasteiger partial charge < -0.3 is 4.90 Å². The van der Waals surface area contributed by atoms with E-state index in [9.17, 15) is 14.4 Å². The lowest BCUT2D eigenvalue weighted by Gasteiger charge is -2.23. The summed E-state index contributed by atoms with van der Waals surface area (Å²) in [6.07, 6.45) is 5.08. The Morgan fingerprint density at radius 1 is 1.09 bits per heavy atom. The molecule has 120 valence electrons. The maximum atomic E-state index is 12.6. The molecule has 2 aliphatic rings. The minimum Gasteiger partial charge on any atom is -0.311 e. The number of fused-ring (bicyclic) bond motifs is 1. The van der Waals surface area contributed by atoms with Gasteiger partial charge in [0.2, 0.25) is 17.7 Å². The van der Waals surface area contributed by atoms with Gasteiger partial charge in [0.05, 0.1) is 11.8 Å². The molecule has 3 amide bonds. The van der Waals surface area contributed by atoms with E-state index in [0.717, 1.165) is 10.6 Å². The van der Waals surface area contributed by atoms with Crippen LogP contribution in [0.2, 0.25) is 0 Å². The largest absolute Gasteiger partial charge is 0.311 e. The van der Waals surface area contributed by atoms with Gasteiger partial charge >= 0.3 is 0 Å². The predicted molar refractivity (Wildman–Crippen MR) is 86.5 cm³/mol. The van der Waals surface area contributed by atoms with Crippen LogP contribution >= 0.6 is 0 Å². The van der Waals surface area contributed by atoms with Gasteiger partial charge in [-0.3, -0.25) is 19.3 Å². The second-order valence-corrected chi connectivity index (χ2v) is 5.89. The fraction of sp³-hybridized carbons (Fsp3) is 0.389. The fourth-order valence-electron chi connectivity index (χ4n) is 3.36. The van der Waals surface area contributed by atoms with Crippen LogP contribution in [0.4, 0.5) is 5.69 Å². The standard InChI is InChI=1S/C18H20N2O3/c1-2-19(13-8-4-3-5-9-13)16(21)12-20-17(22)14-10-6-7-11-15(14)18(20)23/h3-9,14-15H,2,10-12H2,1H3. The molecular formula is C18H20N2O3. The van der Waals surface area contributed by atoms with Gasteiger partial charge in [-0.15, -0.1) is 0 Å². The van der Waals surface area contributed by atoms with Crippen molar-refractivity contribution < 1.29 is 14.4 Å². The Bertz CT molecular complexity index is 627. The van der Waals surface area contributed by atoms with Gasteiger partial charge in [-0.05, 0) is 31.9 Å². The first-order valence-corrected chi connectivity index (χ1v) is 7.99. The Kier molecular flexibility index (Phi) is 4.28. The molecule has 1 aromatic rings. The van der Waals surface area contributed by atoms with Crippen LogP contribution in [-0.4, -0.2) is 35.7 Å². The maximum Gasteiger partial charge on any atom is 0.247 e. The summed E-state index contributed by atoms with van der Waals surface area (Å²) in [5.74, 6) is -1.21. The monoisotopic (exact) mass is 312 g/mol. The van der Waals surface area contributed by atoms with Crippen LogP contribution in [0, 0.1) is 11.8 Å². The number of anilines is 1. The molecule has 23 heavy (non-hydrogen) atoms. The number of likely N-dealkylation sites (N-methyl/N-ethyl adjacent to an activating group) is 1. The zero-order valence-corrected chi connectivity index (χ0v) is 13.1. The highest BCUT2D eigenvalue weighted by Crippen LogP contribution is 2.35. The van der Waals surface area contributed by atoms with E-state index in [0.29, 0.717) is 19.4 Å². The molecule has 0 saturated carbocycles. The number of carbonyl (C=O) groups is 3. The third-order valence-corrected chi connectivity index (χ3v) is 4.58. The quantitative estimate of drug-likeness (QED) is 0.631. The Hall–Kier alpha value is -2.43. The van der Waals surface area contributed by atoms with Crippen LogP contribution in [0.25, 0.3) is 0 Å². The van der Waals surface area contributed by atoms with Gasteiger partial charge in [-0.25, -0.2) is 0 Å². The zero-order chi connectivity index (χ0) is 16.4. The Balaban J connectivity index is 1.75. The van der Waals surface area contributed by atoms with E-state index in [1.165, 1.54) is 0 Å². The summed E-state index contributed by atoms with van der Waals surface area (Å²) < 4.78 is 0. The van der Waals surface area contributed by atoms with E-state index >= 15 is 0 Å². The molecule has 1 aromatic carbocycles. The highest BCUT2D eigenvalue weighted by molar-refractivity contribution is 6.09. The summed E-state index contributed by atoms with van der Waals surface area (Å²) in [6.45, 7) is 2.20. The van der Waals surface area contributed by atoms with Gasteiger partial charge in [0.1, 0.15) is 6.54 Å². The van der Waals surface area contributed by atoms with E-state index in [1.807, 2.05) is 49.4 Å². The normalized spacial score (nSPS) is 23.1. The Labute approximate surface area is 135 Å². The van der Waals surface area contributed by atoms with E-state index < -0.39 is 0 Å². The summed E-state index contributed by atoms with van der Waals surface area (Å²) in [5, 5.41) is 0. The van der Waals surface area contributed by atoms with Crippen molar-refractivity contribution in [1.82, 2.24) is 4.90 Å². The summed E-state index contributed by atoms with van der Waals surface area (Å²) >= 11 is 0. The molecule has 1 saturated heterocycles. The lowest BCUT2D eigenvalue weighted by molar-refractivity contribution is -0.143. The lowest BCUT2D eigenvalue weighted by Crippen LogP contribution is -2.43. The number of nitrogens with zero attached hydrogens (tertiary/aromatic N) is 2. The average molecular weight is 312 g/mol. The fourth-order valence-corrected chi connectivity index (χ4v) is 3.36. The molecule has 2 unspecified atom stereocenters. The number of rotatable bonds is 4. The molecule has 1 aliphatic carbocycles. The lowest BCUT2D eigenvalue weighted by atomic mass is 9.85. The van der Waals surface area contributed by atoms with Gasteiger partial charge in [0.15, 0.2) is 0 Å². The van der Waals surface area contributed by atoms with Crippen molar-refractivity contribution in [3.05, 3.63) is 42.5 Å². The Morgan fingerprint density at radius 3 is 2.17 bits per heavy atom. The SMILES string of the molecule is CCN(C(=O)CN1C(=O)C2CC=CCC2C1=O)c1ccccc1. The second-order valence-electron chi connectivity index (χ2n) is 5.89. The molecule has 5 nitrogen and oxygen atoms in total. The first-order valence-electron chi connectivity index (χ1n) is 7.99. The number of amides is 3. The molecule has 1 heterocycles. The molecule has 5 heteroatoms. The smallest absolute Gasteiger partial charge is 0.247 e. The van der Waals surface area contributed by atoms with Gasteiger partial charge in [-0.1, -0.05) is 30.4 Å². The predicted octanol–water partition coefficient (Wildman–Crippen LogP) is 1.99. The molecular weight excluding hydrogens is 292 g/mol. The van der Waals surface area contributed by atoms with Crippen molar-refractivity contribution in [2.24, 2.45) is 11.8 Å². The van der Waals surface area contributed by atoms with Crippen molar-refractivity contribution in [2.75, 3.05) is 18.0 Å². The van der Waals surface area contributed by atoms with E-state index in [4.69, 9.17) is 0 Å². The zero-order valence-electron chi connectivity index (χ0n) is 13.1. The number of hydrogen-bond donors (Lipinski definition) is 0. The number of carbonyl (C=O) groups excluding carboxylic acids is 3. The topological polar surface area (TPSA) is 57.7 Å². The van der Waals surface area contributed by atoms with Gasteiger partial charge in [-0.2, -0.15) is 0 Å². The second kappa shape index (κ2) is 6.36. The summed E-state index contributed by atoms with van der Waals surface area (Å²) in [5.41, 5.74) is 0.776. The number of para-hydroxylation sites is 1. The van der Waals surface area contributed by atoms with Crippen LogP contribution in [-0.2, 0) is 14.4 Å². The van der Waals surface area contributed by atoms with Crippen LogP contribution in [0.1, 0.15) is 19.8 Å². The molecule has 2 atom stereocenters. The first kappa shape index (κ1) is 15.5. The molecule has 0 N–H and O–H groups in total. The Morgan fingerprint density at radius 2 is 1.65 bits per heavy atom. The van der Waals surface area contributed by atoms with Gasteiger partial charge in [0.25, 0.3) is 0 Å². The van der Waals surface area contributed by atoms with Crippen molar-refractivity contribution in [3.63, 3.8) is 0 Å². The summed E-state index contributed by atoms with van der Waals surface area (Å²) in [7, 11) is 0. The highest BCUT2D eigenvalue weighted by Gasteiger charge is 2.47. The number of hydrogen-bond acceptors (Lipinski definition) is 3. The minimum atomic E-state index is -0.285. The number of benzene rings is 1. The minimum absolute atomic E-state index is 0.173. The van der Waals surface area contributed by atoms with E-state index in [-0.39, 0.29) is 36.1 Å². The van der Waals surface area contributed by atoms with Crippen molar-refractivity contribution in [2.45, 2.75) is 19.8 Å². The molecule has 0 spiro atoms. The summed E-state index contributed by atoms with van der Waals surface area (Å²) in [6, 6.07) is 9.29. The summed E-state index contributed by atoms with van der Waals surface area (Å²) in [4.78, 5) is 40.2. The van der Waals surface area contributed by atoms with E-state index in [1.54, 1.807) is 4.90 Å². The van der Waals surface area contributed by atoms with Crippen molar-refractivity contribution in [3.8, 4) is 0 Å². The third-order valence-electron chi connectivity index (χ3n) is 4.58. The number of allylic oxidation sites excluding steroid dienone is 2. The van der Waals surface area contributed by atoms with Crippen molar-refractivity contribution in [1.29, 1.82) is 0 Å². The van der Waals surface area contributed by atoms with Crippen LogP contribution in [0.3, 0.4) is 0 Å². The molecule has 0 bridgehead atoms. The van der Waals surface area contributed by atoms with Crippen LogP contribution in [0.5, 0.6) is 0 Å². The van der Waals surface area contributed by atoms with Gasteiger partial charge in [0, 0.05) is 12.2 Å². The average Bonchev–Trinajstić information content (AvgIpc) is 2.82. The molecule has 0 radical (unpaired) electrons. The molecule has 1 fully saturated rings. The highest BCUT2D eigenvalue weighted by atomic mass is 16.2. The van der Waals surface area contributed by atoms with E-state index in [2.05, 4.69) is 0 Å². The number of likely N-dealkylation sites (tertiary alicyclic amines) is 1. The van der Waals surface area contributed by atoms with Crippen LogP contribution in [0.15, 0.2) is 42.5 Å².